The molecule has 0 saturated carbocycles. The molecule has 1 amide bonds. The Morgan fingerprint density at radius 3 is 2.65 bits per heavy atom. The van der Waals surface area contributed by atoms with Gasteiger partial charge in [-0.3, -0.25) is 14.9 Å². The van der Waals surface area contributed by atoms with Crippen LogP contribution in [0.4, 0.5) is 5.69 Å². The Hall–Kier alpha value is -1.43. The van der Waals surface area contributed by atoms with E-state index in [0.29, 0.717) is 6.54 Å². The van der Waals surface area contributed by atoms with Crippen LogP contribution in [0.5, 0.6) is 0 Å². The van der Waals surface area contributed by atoms with Gasteiger partial charge in [0.1, 0.15) is 5.56 Å². The second kappa shape index (κ2) is 6.83. The van der Waals surface area contributed by atoms with Crippen LogP contribution in [0.25, 0.3) is 0 Å². The van der Waals surface area contributed by atoms with Gasteiger partial charge in [-0.05, 0) is 30.4 Å². The molecule has 0 aliphatic heterocycles. The molecule has 0 aromatic heterocycles. The molecule has 20 heavy (non-hydrogen) atoms. The topological polar surface area (TPSA) is 72.2 Å². The molecule has 110 valence electrons. The van der Waals surface area contributed by atoms with E-state index in [-0.39, 0.29) is 16.7 Å². The number of alkyl halides is 1. The third-order valence-electron chi connectivity index (χ3n) is 3.09. The van der Waals surface area contributed by atoms with Gasteiger partial charge in [-0.15, -0.1) is 0 Å². The summed E-state index contributed by atoms with van der Waals surface area (Å²) in [6, 6.07) is 4.54. The van der Waals surface area contributed by atoms with Crippen LogP contribution in [0.2, 0.25) is 0 Å². The summed E-state index contributed by atoms with van der Waals surface area (Å²) < 4.78 is 0. The predicted octanol–water partition coefficient (Wildman–Crippen LogP) is 3.44. The number of benzene rings is 1. The van der Waals surface area contributed by atoms with Crippen molar-refractivity contribution in [2.45, 2.75) is 27.2 Å². The van der Waals surface area contributed by atoms with Crippen molar-refractivity contribution in [1.82, 2.24) is 5.32 Å². The van der Waals surface area contributed by atoms with Gasteiger partial charge in [0.25, 0.3) is 11.6 Å². The van der Waals surface area contributed by atoms with E-state index in [2.05, 4.69) is 21.2 Å². The lowest BCUT2D eigenvalue weighted by Crippen LogP contribution is -2.34. The van der Waals surface area contributed by atoms with Gasteiger partial charge in [0, 0.05) is 17.9 Å². The Balaban J connectivity index is 2.87. The van der Waals surface area contributed by atoms with Crippen molar-refractivity contribution in [2.75, 3.05) is 11.9 Å². The van der Waals surface area contributed by atoms with Crippen LogP contribution >= 0.6 is 15.9 Å². The van der Waals surface area contributed by atoms with E-state index >= 15 is 0 Å². The van der Waals surface area contributed by atoms with E-state index in [9.17, 15) is 14.9 Å². The number of hydrogen-bond acceptors (Lipinski definition) is 3. The molecule has 0 radical (unpaired) electrons. The number of nitrogens with zero attached hydrogens (tertiary/aromatic N) is 1. The minimum Gasteiger partial charge on any atom is -0.351 e. The minimum absolute atomic E-state index is 0.0578. The molecular formula is C14H19BrN2O3. The third-order valence-corrected chi connectivity index (χ3v) is 3.49. The molecule has 0 spiro atoms. The number of nitro groups is 1. The number of hydrogen-bond donors (Lipinski definition) is 1. The smallest absolute Gasteiger partial charge is 0.282 e. The van der Waals surface area contributed by atoms with Crippen molar-refractivity contribution in [3.63, 3.8) is 0 Å². The molecule has 0 aliphatic carbocycles. The summed E-state index contributed by atoms with van der Waals surface area (Å²) in [5.41, 5.74) is 0.717. The number of rotatable bonds is 6. The molecule has 1 N–H and O–H groups in total. The van der Waals surface area contributed by atoms with Crippen LogP contribution < -0.4 is 5.32 Å². The summed E-state index contributed by atoms with van der Waals surface area (Å²) in [6.45, 7) is 6.36. The van der Waals surface area contributed by atoms with Crippen LogP contribution in [0, 0.1) is 22.5 Å². The SMILES string of the molecule is Cc1ccc([N+](=O)[O-])c(C(=O)NCC(C)(C)CCBr)c1. The highest BCUT2D eigenvalue weighted by Gasteiger charge is 2.23. The Morgan fingerprint density at radius 2 is 2.10 bits per heavy atom. The Kier molecular flexibility index (Phi) is 5.68. The molecule has 0 atom stereocenters. The molecule has 0 unspecified atom stereocenters. The Bertz CT molecular complexity index is 515. The van der Waals surface area contributed by atoms with Gasteiger partial charge in [0.2, 0.25) is 0 Å². The largest absolute Gasteiger partial charge is 0.351 e. The van der Waals surface area contributed by atoms with E-state index < -0.39 is 10.8 Å². The summed E-state index contributed by atoms with van der Waals surface area (Å²) in [6.07, 6.45) is 0.906. The highest BCUT2D eigenvalue weighted by molar-refractivity contribution is 9.09. The van der Waals surface area contributed by atoms with Crippen LogP contribution in [0.3, 0.4) is 0 Å². The van der Waals surface area contributed by atoms with Crippen molar-refractivity contribution in [3.05, 3.63) is 39.4 Å². The van der Waals surface area contributed by atoms with Gasteiger partial charge < -0.3 is 5.32 Å². The fourth-order valence-electron chi connectivity index (χ4n) is 1.75. The molecule has 1 aromatic carbocycles. The van der Waals surface area contributed by atoms with Crippen molar-refractivity contribution < 1.29 is 9.72 Å². The maximum absolute atomic E-state index is 12.1. The maximum atomic E-state index is 12.1. The van der Waals surface area contributed by atoms with Gasteiger partial charge in [-0.2, -0.15) is 0 Å². The fraction of sp³-hybridized carbons (Fsp3) is 0.500. The zero-order chi connectivity index (χ0) is 15.3. The number of aryl methyl sites for hydroxylation is 1. The quantitative estimate of drug-likeness (QED) is 0.489. The maximum Gasteiger partial charge on any atom is 0.282 e. The van der Waals surface area contributed by atoms with E-state index in [1.165, 1.54) is 6.07 Å². The second-order valence-electron chi connectivity index (χ2n) is 5.56. The average Bonchev–Trinajstić information content (AvgIpc) is 2.35. The van der Waals surface area contributed by atoms with Crippen LogP contribution in [0.1, 0.15) is 36.2 Å². The van der Waals surface area contributed by atoms with Crippen molar-refractivity contribution in [3.8, 4) is 0 Å². The molecule has 0 bridgehead atoms. The molecule has 0 aliphatic rings. The number of halogens is 1. The van der Waals surface area contributed by atoms with Crippen molar-refractivity contribution in [2.24, 2.45) is 5.41 Å². The number of nitro benzene ring substituents is 1. The highest BCUT2D eigenvalue weighted by atomic mass is 79.9. The van der Waals surface area contributed by atoms with E-state index in [1.54, 1.807) is 19.1 Å². The number of nitrogens with one attached hydrogen (secondary N) is 1. The molecule has 6 heteroatoms. The zero-order valence-corrected chi connectivity index (χ0v) is 13.5. The monoisotopic (exact) mass is 342 g/mol. The summed E-state index contributed by atoms with van der Waals surface area (Å²) in [5, 5.41) is 14.6. The summed E-state index contributed by atoms with van der Waals surface area (Å²) in [4.78, 5) is 22.6. The molecule has 5 nitrogen and oxygen atoms in total. The van der Waals surface area contributed by atoms with Gasteiger partial charge in [-0.1, -0.05) is 35.8 Å². The minimum atomic E-state index is -0.530. The summed E-state index contributed by atoms with van der Waals surface area (Å²) in [7, 11) is 0. The first-order valence-corrected chi connectivity index (χ1v) is 7.48. The van der Waals surface area contributed by atoms with Gasteiger partial charge in [0.05, 0.1) is 4.92 Å². The first kappa shape index (κ1) is 16.6. The van der Waals surface area contributed by atoms with Crippen LogP contribution in [0.15, 0.2) is 18.2 Å². The normalized spacial score (nSPS) is 11.2. The first-order chi connectivity index (χ1) is 9.26. The van der Waals surface area contributed by atoms with Gasteiger partial charge in [0.15, 0.2) is 0 Å². The average molecular weight is 343 g/mol. The first-order valence-electron chi connectivity index (χ1n) is 6.36. The van der Waals surface area contributed by atoms with E-state index in [0.717, 1.165) is 17.3 Å². The standard InChI is InChI=1S/C14H19BrN2O3/c1-10-4-5-12(17(19)20)11(8-10)13(18)16-9-14(2,3)6-7-15/h4-5,8H,6-7,9H2,1-3H3,(H,16,18). The Morgan fingerprint density at radius 1 is 1.45 bits per heavy atom. The van der Waals surface area contributed by atoms with E-state index in [4.69, 9.17) is 0 Å². The summed E-state index contributed by atoms with van der Waals surface area (Å²) >= 11 is 3.38. The third kappa shape index (κ3) is 4.59. The number of carbonyl (C=O) groups excluding carboxylic acids is 1. The van der Waals surface area contributed by atoms with Gasteiger partial charge in [-0.25, -0.2) is 0 Å². The molecular weight excluding hydrogens is 324 g/mol. The molecule has 0 fully saturated rings. The fourth-order valence-corrected chi connectivity index (χ4v) is 2.82. The van der Waals surface area contributed by atoms with Gasteiger partial charge >= 0.3 is 0 Å². The molecule has 0 saturated heterocycles. The number of carbonyl (C=O) groups is 1. The lowest BCUT2D eigenvalue weighted by Gasteiger charge is -2.23. The van der Waals surface area contributed by atoms with Crippen LogP contribution in [-0.4, -0.2) is 22.7 Å². The van der Waals surface area contributed by atoms with Crippen LogP contribution in [-0.2, 0) is 0 Å². The highest BCUT2D eigenvalue weighted by Crippen LogP contribution is 2.22. The van der Waals surface area contributed by atoms with E-state index in [1.807, 2.05) is 13.8 Å². The summed E-state index contributed by atoms with van der Waals surface area (Å²) in [5.74, 6) is -0.400. The lowest BCUT2D eigenvalue weighted by molar-refractivity contribution is -0.385. The Labute approximate surface area is 127 Å². The predicted molar refractivity (Wildman–Crippen MR) is 82.4 cm³/mol. The second-order valence-corrected chi connectivity index (χ2v) is 6.36. The zero-order valence-electron chi connectivity index (χ0n) is 11.9. The lowest BCUT2D eigenvalue weighted by atomic mass is 9.90. The van der Waals surface area contributed by atoms with Crippen molar-refractivity contribution in [1.29, 1.82) is 0 Å². The molecule has 1 aromatic rings. The number of amides is 1. The molecule has 0 heterocycles. The van der Waals surface area contributed by atoms with Crippen molar-refractivity contribution >= 4 is 27.5 Å². The molecule has 1 rings (SSSR count).